The maximum absolute atomic E-state index is 11.7. The Bertz CT molecular complexity index is 412. The predicted octanol–water partition coefficient (Wildman–Crippen LogP) is 2.29. The van der Waals surface area contributed by atoms with Crippen LogP contribution in [0.25, 0.3) is 0 Å². The highest BCUT2D eigenvalue weighted by atomic mass is 16.6. The SMILES string of the molecule is CC1=C2C[C@H]3[C@@H](C[C@H](C)[C@@H]2C[C@@H]1O)OC(=O)[C@@H]3C. The normalized spacial score (nSPS) is 47.7. The summed E-state index contributed by atoms with van der Waals surface area (Å²) in [5.41, 5.74) is 2.56. The van der Waals surface area contributed by atoms with Gasteiger partial charge in [0.05, 0.1) is 12.0 Å². The van der Waals surface area contributed by atoms with Crippen LogP contribution in [0.5, 0.6) is 0 Å². The third-order valence-corrected chi connectivity index (χ3v) is 5.44. The molecule has 0 radical (unpaired) electrons. The molecule has 6 atom stereocenters. The molecule has 0 aromatic heterocycles. The van der Waals surface area contributed by atoms with Gasteiger partial charge >= 0.3 is 5.97 Å². The smallest absolute Gasteiger partial charge is 0.309 e. The summed E-state index contributed by atoms with van der Waals surface area (Å²) in [5.74, 6) is 1.29. The first-order valence-corrected chi connectivity index (χ1v) is 7.07. The number of carbonyl (C=O) groups excluding carboxylic acids is 1. The second-order valence-electron chi connectivity index (χ2n) is 6.41. The number of fused-ring (bicyclic) bond motifs is 2. The molecule has 1 N–H and O–H groups in total. The summed E-state index contributed by atoms with van der Waals surface area (Å²) in [4.78, 5) is 11.7. The first kappa shape index (κ1) is 12.2. The lowest BCUT2D eigenvalue weighted by Crippen LogP contribution is -2.20. The zero-order valence-electron chi connectivity index (χ0n) is 11.3. The predicted molar refractivity (Wildman–Crippen MR) is 67.7 cm³/mol. The van der Waals surface area contributed by atoms with E-state index in [1.54, 1.807) is 0 Å². The van der Waals surface area contributed by atoms with Gasteiger partial charge in [0.15, 0.2) is 0 Å². The van der Waals surface area contributed by atoms with Crippen molar-refractivity contribution < 1.29 is 14.6 Å². The molecule has 3 nitrogen and oxygen atoms in total. The van der Waals surface area contributed by atoms with Crippen LogP contribution in [0, 0.1) is 23.7 Å². The van der Waals surface area contributed by atoms with Crippen LogP contribution in [-0.4, -0.2) is 23.3 Å². The van der Waals surface area contributed by atoms with Gasteiger partial charge in [-0.05, 0) is 43.6 Å². The van der Waals surface area contributed by atoms with Crippen molar-refractivity contribution in [2.24, 2.45) is 23.7 Å². The van der Waals surface area contributed by atoms with Crippen LogP contribution < -0.4 is 0 Å². The quantitative estimate of drug-likeness (QED) is 0.530. The topological polar surface area (TPSA) is 46.5 Å². The van der Waals surface area contributed by atoms with E-state index in [0.29, 0.717) is 17.8 Å². The number of allylic oxidation sites excluding steroid dienone is 1. The molecule has 0 bridgehead atoms. The van der Waals surface area contributed by atoms with Crippen LogP contribution in [0.1, 0.15) is 40.0 Å². The molecule has 0 aromatic rings. The molecule has 18 heavy (non-hydrogen) atoms. The van der Waals surface area contributed by atoms with Crippen LogP contribution in [0.4, 0.5) is 0 Å². The second kappa shape index (κ2) is 4.09. The van der Waals surface area contributed by atoms with Crippen LogP contribution in [-0.2, 0) is 9.53 Å². The van der Waals surface area contributed by atoms with E-state index in [1.165, 1.54) is 5.57 Å². The Morgan fingerprint density at radius 1 is 1.28 bits per heavy atom. The van der Waals surface area contributed by atoms with E-state index < -0.39 is 0 Å². The maximum Gasteiger partial charge on any atom is 0.309 e. The number of rotatable bonds is 0. The second-order valence-corrected chi connectivity index (χ2v) is 6.41. The van der Waals surface area contributed by atoms with Crippen LogP contribution in [0.3, 0.4) is 0 Å². The van der Waals surface area contributed by atoms with E-state index in [0.717, 1.165) is 24.8 Å². The van der Waals surface area contributed by atoms with Crippen molar-refractivity contribution >= 4 is 5.97 Å². The summed E-state index contributed by atoms with van der Waals surface area (Å²) in [5, 5.41) is 10.0. The number of carbonyl (C=O) groups is 1. The lowest BCUT2D eigenvalue weighted by atomic mass is 9.85. The van der Waals surface area contributed by atoms with Crippen molar-refractivity contribution in [3.63, 3.8) is 0 Å². The van der Waals surface area contributed by atoms with Gasteiger partial charge in [-0.1, -0.05) is 19.4 Å². The zero-order chi connectivity index (χ0) is 13.0. The molecule has 2 aliphatic carbocycles. The molecular formula is C15H22O3. The highest BCUT2D eigenvalue weighted by Crippen LogP contribution is 2.49. The van der Waals surface area contributed by atoms with Gasteiger partial charge in [0, 0.05) is 5.92 Å². The summed E-state index contributed by atoms with van der Waals surface area (Å²) in [7, 11) is 0. The van der Waals surface area contributed by atoms with Gasteiger partial charge in [-0.2, -0.15) is 0 Å². The Hall–Kier alpha value is -0.830. The van der Waals surface area contributed by atoms with E-state index in [-0.39, 0.29) is 24.1 Å². The van der Waals surface area contributed by atoms with Gasteiger partial charge < -0.3 is 9.84 Å². The fraction of sp³-hybridized carbons (Fsp3) is 0.800. The molecule has 0 unspecified atom stereocenters. The average molecular weight is 250 g/mol. The van der Waals surface area contributed by atoms with Crippen LogP contribution in [0.2, 0.25) is 0 Å². The molecule has 3 heteroatoms. The van der Waals surface area contributed by atoms with Crippen molar-refractivity contribution in [3.05, 3.63) is 11.1 Å². The Morgan fingerprint density at radius 3 is 2.72 bits per heavy atom. The van der Waals surface area contributed by atoms with E-state index in [4.69, 9.17) is 4.74 Å². The molecule has 100 valence electrons. The molecule has 3 rings (SSSR count). The molecule has 1 saturated heterocycles. The highest BCUT2D eigenvalue weighted by molar-refractivity contribution is 5.75. The third-order valence-electron chi connectivity index (χ3n) is 5.44. The summed E-state index contributed by atoms with van der Waals surface area (Å²) in [6.07, 6.45) is 2.59. The van der Waals surface area contributed by atoms with Gasteiger partial charge in [-0.3, -0.25) is 4.79 Å². The molecule has 3 aliphatic rings. The van der Waals surface area contributed by atoms with Crippen molar-refractivity contribution in [2.75, 3.05) is 0 Å². The largest absolute Gasteiger partial charge is 0.462 e. The molecule has 0 aromatic carbocycles. The molecule has 1 heterocycles. The standard InChI is InChI=1S/C15H22O3/c1-7-4-14-12(9(3)15(17)18-14)5-11-8(2)13(16)6-10(7)11/h7,9-10,12-14,16H,4-6H2,1-3H3/t7-,9+,10-,12+,13-,14+/m0/s1. The fourth-order valence-electron chi connectivity index (χ4n) is 4.11. The van der Waals surface area contributed by atoms with E-state index in [9.17, 15) is 9.90 Å². The number of ether oxygens (including phenoxy) is 1. The Balaban J connectivity index is 1.95. The van der Waals surface area contributed by atoms with Crippen LogP contribution in [0.15, 0.2) is 11.1 Å². The average Bonchev–Trinajstić information content (AvgIpc) is 2.68. The van der Waals surface area contributed by atoms with Gasteiger partial charge in [0.2, 0.25) is 0 Å². The number of aliphatic hydroxyl groups is 1. The molecule has 1 aliphatic heterocycles. The summed E-state index contributed by atoms with van der Waals surface area (Å²) in [6, 6.07) is 0. The minimum absolute atomic E-state index is 0.0130. The lowest BCUT2D eigenvalue weighted by molar-refractivity contribution is -0.144. The third kappa shape index (κ3) is 1.63. The Kier molecular flexibility index (Phi) is 2.77. The van der Waals surface area contributed by atoms with Crippen molar-refractivity contribution in [1.29, 1.82) is 0 Å². The fourth-order valence-corrected chi connectivity index (χ4v) is 4.11. The lowest BCUT2D eigenvalue weighted by Gasteiger charge is -2.20. The van der Waals surface area contributed by atoms with Crippen molar-refractivity contribution in [1.82, 2.24) is 0 Å². The molecule has 0 amide bonds. The molecular weight excluding hydrogens is 228 g/mol. The Morgan fingerprint density at radius 2 is 2.00 bits per heavy atom. The number of hydrogen-bond donors (Lipinski definition) is 1. The van der Waals surface area contributed by atoms with E-state index >= 15 is 0 Å². The minimum Gasteiger partial charge on any atom is -0.462 e. The van der Waals surface area contributed by atoms with Crippen molar-refractivity contribution in [3.8, 4) is 0 Å². The van der Waals surface area contributed by atoms with Gasteiger partial charge in [0.1, 0.15) is 6.10 Å². The van der Waals surface area contributed by atoms with Gasteiger partial charge in [-0.25, -0.2) is 0 Å². The monoisotopic (exact) mass is 250 g/mol. The van der Waals surface area contributed by atoms with Crippen LogP contribution >= 0.6 is 0 Å². The summed E-state index contributed by atoms with van der Waals surface area (Å²) in [6.45, 7) is 6.27. The first-order valence-electron chi connectivity index (χ1n) is 7.07. The first-order chi connectivity index (χ1) is 8.49. The number of hydrogen-bond acceptors (Lipinski definition) is 3. The highest BCUT2D eigenvalue weighted by Gasteiger charge is 2.48. The number of esters is 1. The molecule has 2 fully saturated rings. The molecule has 1 saturated carbocycles. The van der Waals surface area contributed by atoms with Crippen molar-refractivity contribution in [2.45, 2.75) is 52.2 Å². The van der Waals surface area contributed by atoms with Gasteiger partial charge in [0.25, 0.3) is 0 Å². The van der Waals surface area contributed by atoms with Gasteiger partial charge in [-0.15, -0.1) is 0 Å². The summed E-state index contributed by atoms with van der Waals surface area (Å²) >= 11 is 0. The van der Waals surface area contributed by atoms with E-state index in [1.807, 2.05) is 6.92 Å². The minimum atomic E-state index is -0.266. The zero-order valence-corrected chi connectivity index (χ0v) is 11.3. The maximum atomic E-state index is 11.7. The number of aliphatic hydroxyl groups excluding tert-OH is 1. The van der Waals surface area contributed by atoms with E-state index in [2.05, 4.69) is 13.8 Å². The Labute approximate surface area is 108 Å². The summed E-state index contributed by atoms with van der Waals surface area (Å²) < 4.78 is 5.53. The molecule has 0 spiro atoms.